The van der Waals surface area contributed by atoms with Crippen molar-refractivity contribution in [2.75, 3.05) is 18.0 Å². The highest BCUT2D eigenvalue weighted by Crippen LogP contribution is 2.28. The minimum Gasteiger partial charge on any atom is -0.391 e. The Labute approximate surface area is 133 Å². The molecule has 1 fully saturated rings. The van der Waals surface area contributed by atoms with Gasteiger partial charge >= 0.3 is 0 Å². The minimum absolute atomic E-state index is 0.262. The van der Waals surface area contributed by atoms with Crippen molar-refractivity contribution >= 4 is 11.5 Å². The van der Waals surface area contributed by atoms with Gasteiger partial charge in [0.05, 0.1) is 18.0 Å². The molecule has 1 aromatic carbocycles. The summed E-state index contributed by atoms with van der Waals surface area (Å²) in [5, 5.41) is 9.73. The monoisotopic (exact) mass is 312 g/mol. The molecule has 0 radical (unpaired) electrons. The maximum atomic E-state index is 14.3. The molecule has 1 unspecified atom stereocenters. The van der Waals surface area contributed by atoms with E-state index in [9.17, 15) is 9.50 Å². The zero-order valence-corrected chi connectivity index (χ0v) is 12.8. The lowest BCUT2D eigenvalue weighted by Crippen LogP contribution is -2.23. The van der Waals surface area contributed by atoms with Crippen molar-refractivity contribution in [2.24, 2.45) is 0 Å². The summed E-state index contributed by atoms with van der Waals surface area (Å²) in [7, 11) is 0. The van der Waals surface area contributed by atoms with Crippen molar-refractivity contribution in [1.82, 2.24) is 14.4 Å². The number of fused-ring (bicyclic) bond motifs is 1. The molecule has 0 saturated carbocycles. The van der Waals surface area contributed by atoms with E-state index >= 15 is 0 Å². The van der Waals surface area contributed by atoms with Crippen LogP contribution in [0.15, 0.2) is 36.8 Å². The maximum Gasteiger partial charge on any atom is 0.180 e. The largest absolute Gasteiger partial charge is 0.391 e. The number of imidazole rings is 1. The van der Waals surface area contributed by atoms with Crippen molar-refractivity contribution in [2.45, 2.75) is 19.4 Å². The number of aliphatic hydroxyl groups is 1. The molecule has 6 heteroatoms. The Morgan fingerprint density at radius 3 is 2.91 bits per heavy atom. The molecular weight excluding hydrogens is 295 g/mol. The third-order valence-corrected chi connectivity index (χ3v) is 4.27. The predicted octanol–water partition coefficient (Wildman–Crippen LogP) is 2.41. The van der Waals surface area contributed by atoms with Crippen LogP contribution in [0.5, 0.6) is 0 Å². The Morgan fingerprint density at radius 1 is 1.30 bits per heavy atom. The molecule has 5 nitrogen and oxygen atoms in total. The van der Waals surface area contributed by atoms with Gasteiger partial charge in [-0.3, -0.25) is 4.40 Å². The highest BCUT2D eigenvalue weighted by atomic mass is 19.1. The predicted molar refractivity (Wildman–Crippen MR) is 86.0 cm³/mol. The first-order chi connectivity index (χ1) is 11.1. The molecular formula is C17H17FN4O. The highest BCUT2D eigenvalue weighted by Gasteiger charge is 2.24. The molecule has 118 valence electrons. The second-order valence-electron chi connectivity index (χ2n) is 5.96. The van der Waals surface area contributed by atoms with Crippen LogP contribution in [0.3, 0.4) is 0 Å². The second-order valence-corrected chi connectivity index (χ2v) is 5.96. The number of aryl methyl sites for hydroxylation is 1. The number of hydrogen-bond acceptors (Lipinski definition) is 4. The summed E-state index contributed by atoms with van der Waals surface area (Å²) in [6.45, 7) is 3.16. The van der Waals surface area contributed by atoms with Crippen molar-refractivity contribution in [3.8, 4) is 11.3 Å². The summed E-state index contributed by atoms with van der Waals surface area (Å²) in [4.78, 5) is 10.9. The lowest BCUT2D eigenvalue weighted by molar-refractivity contribution is 0.198. The summed E-state index contributed by atoms with van der Waals surface area (Å²) in [5.41, 5.74) is 2.77. The van der Waals surface area contributed by atoms with Gasteiger partial charge in [0, 0.05) is 31.0 Å². The van der Waals surface area contributed by atoms with Crippen LogP contribution < -0.4 is 4.90 Å². The standard InChI is InChI=1S/C17H17FN4O/c1-11-2-3-13(14(18)8-11)15-9-20-17-16(19-5-7-22(15)17)21-6-4-12(23)10-21/h2-3,5,7-9,12,23H,4,6,10H2,1H3. The number of halogens is 1. The number of β-amino-alcohol motifs (C(OH)–C–C–N with tert-alkyl or cyclic N) is 1. The summed E-state index contributed by atoms with van der Waals surface area (Å²) < 4.78 is 16.1. The normalized spacial score (nSPS) is 18.0. The minimum atomic E-state index is -0.332. The Bertz CT molecular complexity index is 876. The molecule has 1 aliphatic heterocycles. The fraction of sp³-hybridized carbons (Fsp3) is 0.294. The zero-order valence-electron chi connectivity index (χ0n) is 12.8. The van der Waals surface area contributed by atoms with Crippen LogP contribution in [0.1, 0.15) is 12.0 Å². The third-order valence-electron chi connectivity index (χ3n) is 4.27. The third kappa shape index (κ3) is 2.35. The average Bonchev–Trinajstić information content (AvgIpc) is 3.13. The van der Waals surface area contributed by atoms with Crippen LogP contribution in [0.4, 0.5) is 10.2 Å². The van der Waals surface area contributed by atoms with Crippen LogP contribution in [0.25, 0.3) is 16.9 Å². The number of aliphatic hydroxyl groups excluding tert-OH is 1. The molecule has 0 bridgehead atoms. The van der Waals surface area contributed by atoms with Crippen LogP contribution >= 0.6 is 0 Å². The van der Waals surface area contributed by atoms with Gasteiger partial charge < -0.3 is 10.0 Å². The number of rotatable bonds is 2. The van der Waals surface area contributed by atoms with E-state index in [0.29, 0.717) is 23.4 Å². The van der Waals surface area contributed by atoms with Crippen molar-refractivity contribution < 1.29 is 9.50 Å². The lowest BCUT2D eigenvalue weighted by atomic mass is 10.1. The molecule has 0 amide bonds. The summed E-state index contributed by atoms with van der Waals surface area (Å²) >= 11 is 0. The molecule has 3 heterocycles. The quantitative estimate of drug-likeness (QED) is 0.789. The van der Waals surface area contributed by atoms with Gasteiger partial charge in [-0.25, -0.2) is 14.4 Å². The molecule has 1 aliphatic rings. The summed E-state index contributed by atoms with van der Waals surface area (Å²) in [6.07, 6.45) is 5.53. The van der Waals surface area contributed by atoms with E-state index in [1.165, 1.54) is 6.07 Å². The molecule has 2 aromatic heterocycles. The van der Waals surface area contributed by atoms with E-state index in [1.807, 2.05) is 22.3 Å². The molecule has 1 saturated heterocycles. The smallest absolute Gasteiger partial charge is 0.180 e. The molecule has 0 aliphatic carbocycles. The summed E-state index contributed by atoms with van der Waals surface area (Å²) in [6, 6.07) is 5.18. The van der Waals surface area contributed by atoms with Gasteiger partial charge in [0.25, 0.3) is 0 Å². The van der Waals surface area contributed by atoms with Crippen LogP contribution in [-0.4, -0.2) is 38.7 Å². The number of nitrogens with zero attached hydrogens (tertiary/aromatic N) is 4. The molecule has 3 aromatic rings. The van der Waals surface area contributed by atoms with Gasteiger partial charge in [0.2, 0.25) is 0 Å². The van der Waals surface area contributed by atoms with Gasteiger partial charge in [-0.15, -0.1) is 0 Å². The highest BCUT2D eigenvalue weighted by molar-refractivity contribution is 5.72. The topological polar surface area (TPSA) is 53.7 Å². The first-order valence-corrected chi connectivity index (χ1v) is 7.65. The van der Waals surface area contributed by atoms with Crippen LogP contribution in [0.2, 0.25) is 0 Å². The van der Waals surface area contributed by atoms with Gasteiger partial charge in [-0.05, 0) is 31.0 Å². The van der Waals surface area contributed by atoms with Crippen LogP contribution in [0, 0.1) is 12.7 Å². The van der Waals surface area contributed by atoms with Crippen molar-refractivity contribution in [3.63, 3.8) is 0 Å². The van der Waals surface area contributed by atoms with Crippen LogP contribution in [-0.2, 0) is 0 Å². The van der Waals surface area contributed by atoms with Gasteiger partial charge in [0.15, 0.2) is 11.5 Å². The molecule has 0 spiro atoms. The fourth-order valence-corrected chi connectivity index (χ4v) is 3.09. The Kier molecular flexibility index (Phi) is 3.27. The first kappa shape index (κ1) is 14.1. The summed E-state index contributed by atoms with van der Waals surface area (Å²) in [5.74, 6) is 0.463. The Morgan fingerprint density at radius 2 is 2.17 bits per heavy atom. The van der Waals surface area contributed by atoms with Gasteiger partial charge in [0.1, 0.15) is 5.82 Å². The van der Waals surface area contributed by atoms with Gasteiger partial charge in [-0.2, -0.15) is 0 Å². The fourth-order valence-electron chi connectivity index (χ4n) is 3.09. The number of hydrogen-bond donors (Lipinski definition) is 1. The Balaban J connectivity index is 1.84. The van der Waals surface area contributed by atoms with E-state index in [-0.39, 0.29) is 11.9 Å². The lowest BCUT2D eigenvalue weighted by Gasteiger charge is -2.17. The van der Waals surface area contributed by atoms with E-state index in [1.54, 1.807) is 24.7 Å². The molecule has 1 atom stereocenters. The average molecular weight is 312 g/mol. The number of benzene rings is 1. The van der Waals surface area contributed by atoms with E-state index in [0.717, 1.165) is 24.3 Å². The maximum absolute atomic E-state index is 14.3. The van der Waals surface area contributed by atoms with Crippen molar-refractivity contribution in [3.05, 3.63) is 48.2 Å². The number of aromatic nitrogens is 3. The SMILES string of the molecule is Cc1ccc(-c2cnc3c(N4CCC(O)C4)nccn23)c(F)c1. The van der Waals surface area contributed by atoms with E-state index in [2.05, 4.69) is 9.97 Å². The first-order valence-electron chi connectivity index (χ1n) is 7.65. The molecule has 1 N–H and O–H groups in total. The van der Waals surface area contributed by atoms with E-state index < -0.39 is 0 Å². The molecule has 23 heavy (non-hydrogen) atoms. The van der Waals surface area contributed by atoms with E-state index in [4.69, 9.17) is 0 Å². The molecule has 4 rings (SSSR count). The van der Waals surface area contributed by atoms with Gasteiger partial charge in [-0.1, -0.05) is 6.07 Å². The Hall–Kier alpha value is -2.47. The zero-order chi connectivity index (χ0) is 16.0. The van der Waals surface area contributed by atoms with Crippen molar-refractivity contribution in [1.29, 1.82) is 0 Å². The second kappa shape index (κ2) is 5.31. The number of anilines is 1.